The molecule has 3 rings (SSSR count). The van der Waals surface area contributed by atoms with Crippen LogP contribution in [0, 0.1) is 5.92 Å². The molecule has 7 heteroatoms. The Hall–Kier alpha value is -1.60. The zero-order valence-corrected chi connectivity index (χ0v) is 16.7. The van der Waals surface area contributed by atoms with Crippen LogP contribution in [-0.4, -0.2) is 35.4 Å². The van der Waals surface area contributed by atoms with Gasteiger partial charge in [-0.15, -0.1) is 0 Å². The minimum absolute atomic E-state index is 0.0409. The lowest BCUT2D eigenvalue weighted by Gasteiger charge is -2.37. The highest BCUT2D eigenvalue weighted by atomic mass is 32.2. The third-order valence-corrected chi connectivity index (χ3v) is 6.89. The highest BCUT2D eigenvalue weighted by molar-refractivity contribution is 7.85. The van der Waals surface area contributed by atoms with Gasteiger partial charge in [0, 0.05) is 6.42 Å². The molecule has 0 heterocycles. The fourth-order valence-corrected chi connectivity index (χ4v) is 5.27. The first-order chi connectivity index (χ1) is 12.5. The van der Waals surface area contributed by atoms with Crippen molar-refractivity contribution >= 4 is 16.1 Å². The van der Waals surface area contributed by atoms with E-state index in [-0.39, 0.29) is 23.5 Å². The SMILES string of the molecule is CC(C)(CCS(=O)(=O)O)Oc1ccc2c(c1)C1(CC2)CCC(C(=O)O)CC1. The van der Waals surface area contributed by atoms with Gasteiger partial charge in [0.05, 0.1) is 11.7 Å². The second-order valence-corrected chi connectivity index (χ2v) is 10.2. The van der Waals surface area contributed by atoms with Crippen molar-refractivity contribution < 1.29 is 27.6 Å². The maximum absolute atomic E-state index is 11.3. The van der Waals surface area contributed by atoms with Crippen LogP contribution < -0.4 is 4.74 Å². The number of rotatable bonds is 6. The first-order valence-corrected chi connectivity index (χ1v) is 11.1. The molecular formula is C20H28O6S. The maximum Gasteiger partial charge on any atom is 0.306 e. The van der Waals surface area contributed by atoms with Crippen molar-refractivity contribution in [2.75, 3.05) is 5.75 Å². The van der Waals surface area contributed by atoms with Crippen molar-refractivity contribution in [2.24, 2.45) is 5.92 Å². The summed E-state index contributed by atoms with van der Waals surface area (Å²) in [6.07, 6.45) is 5.41. The molecule has 0 aliphatic heterocycles. The van der Waals surface area contributed by atoms with Crippen LogP contribution in [0.1, 0.15) is 63.5 Å². The predicted molar refractivity (Wildman–Crippen MR) is 102 cm³/mol. The topological polar surface area (TPSA) is 101 Å². The van der Waals surface area contributed by atoms with Gasteiger partial charge in [-0.2, -0.15) is 8.42 Å². The lowest BCUT2D eigenvalue weighted by Crippen LogP contribution is -2.33. The zero-order valence-electron chi connectivity index (χ0n) is 15.9. The van der Waals surface area contributed by atoms with Gasteiger partial charge in [0.25, 0.3) is 10.1 Å². The Morgan fingerprint density at radius 2 is 1.93 bits per heavy atom. The minimum Gasteiger partial charge on any atom is -0.488 e. The summed E-state index contributed by atoms with van der Waals surface area (Å²) in [5.74, 6) is -0.583. The Labute approximate surface area is 160 Å². The first kappa shape index (κ1) is 20.1. The smallest absolute Gasteiger partial charge is 0.306 e. The molecule has 0 unspecified atom stereocenters. The van der Waals surface area contributed by atoms with Gasteiger partial charge in [0.1, 0.15) is 11.4 Å². The van der Waals surface area contributed by atoms with Gasteiger partial charge in [0.15, 0.2) is 0 Å². The van der Waals surface area contributed by atoms with Crippen LogP contribution in [0.2, 0.25) is 0 Å². The molecule has 1 aromatic rings. The Bertz CT molecular complexity index is 819. The average molecular weight is 397 g/mol. The molecule has 0 aromatic heterocycles. The highest BCUT2D eigenvalue weighted by Gasteiger charge is 2.43. The third-order valence-electron chi connectivity index (χ3n) is 6.17. The van der Waals surface area contributed by atoms with Crippen LogP contribution in [-0.2, 0) is 26.7 Å². The molecule has 6 nitrogen and oxygen atoms in total. The van der Waals surface area contributed by atoms with E-state index >= 15 is 0 Å². The van der Waals surface area contributed by atoms with Gasteiger partial charge in [-0.05, 0) is 81.0 Å². The van der Waals surface area contributed by atoms with Crippen molar-refractivity contribution in [3.8, 4) is 5.75 Å². The summed E-state index contributed by atoms with van der Waals surface area (Å²) < 4.78 is 37.1. The highest BCUT2D eigenvalue weighted by Crippen LogP contribution is 2.50. The van der Waals surface area contributed by atoms with Crippen molar-refractivity contribution in [3.05, 3.63) is 29.3 Å². The molecule has 1 aromatic carbocycles. The summed E-state index contributed by atoms with van der Waals surface area (Å²) in [6.45, 7) is 3.61. The summed E-state index contributed by atoms with van der Waals surface area (Å²) in [5, 5.41) is 9.26. The van der Waals surface area contributed by atoms with Gasteiger partial charge in [0.2, 0.25) is 0 Å². The molecule has 1 saturated carbocycles. The van der Waals surface area contributed by atoms with Crippen molar-refractivity contribution in [1.82, 2.24) is 0 Å². The summed E-state index contributed by atoms with van der Waals surface area (Å²) in [7, 11) is -4.02. The average Bonchev–Trinajstić information content (AvgIpc) is 2.91. The number of hydrogen-bond donors (Lipinski definition) is 2. The monoisotopic (exact) mass is 396 g/mol. The molecular weight excluding hydrogens is 368 g/mol. The van der Waals surface area contributed by atoms with Crippen molar-refractivity contribution in [1.29, 1.82) is 0 Å². The molecule has 1 fully saturated rings. The normalized spacial score (nSPS) is 25.4. The van der Waals surface area contributed by atoms with E-state index in [0.717, 1.165) is 25.7 Å². The lowest BCUT2D eigenvalue weighted by atomic mass is 9.67. The number of carbonyl (C=O) groups is 1. The maximum atomic E-state index is 11.3. The van der Waals surface area contributed by atoms with Crippen LogP contribution in [0.3, 0.4) is 0 Å². The van der Waals surface area contributed by atoms with E-state index in [1.165, 1.54) is 11.1 Å². The largest absolute Gasteiger partial charge is 0.488 e. The van der Waals surface area contributed by atoms with E-state index in [9.17, 15) is 18.3 Å². The fraction of sp³-hybridized carbons (Fsp3) is 0.650. The molecule has 2 N–H and O–H groups in total. The predicted octanol–water partition coefficient (Wildman–Crippen LogP) is 3.58. The Kier molecular flexibility index (Phi) is 5.29. The van der Waals surface area contributed by atoms with Crippen LogP contribution in [0.4, 0.5) is 0 Å². The van der Waals surface area contributed by atoms with Gasteiger partial charge in [-0.1, -0.05) is 6.07 Å². The molecule has 1 spiro atoms. The standard InChI is InChI=1S/C20H28O6S/c1-19(2,11-12-27(23,24)25)26-16-4-3-14-5-8-20(17(14)13-16)9-6-15(7-10-20)18(21)22/h3-4,13,15H,5-12H2,1-2H3,(H,21,22)(H,23,24,25). The van der Waals surface area contributed by atoms with E-state index in [2.05, 4.69) is 12.1 Å². The van der Waals surface area contributed by atoms with Gasteiger partial charge >= 0.3 is 5.97 Å². The molecule has 0 atom stereocenters. The number of aryl methyl sites for hydroxylation is 1. The number of aliphatic carboxylic acids is 1. The van der Waals surface area contributed by atoms with Gasteiger partial charge < -0.3 is 9.84 Å². The van der Waals surface area contributed by atoms with Crippen LogP contribution in [0.5, 0.6) is 5.75 Å². The second kappa shape index (κ2) is 7.09. The molecule has 2 aliphatic rings. The molecule has 0 saturated heterocycles. The first-order valence-electron chi connectivity index (χ1n) is 9.50. The van der Waals surface area contributed by atoms with Crippen LogP contribution in [0.15, 0.2) is 18.2 Å². The van der Waals surface area contributed by atoms with E-state index in [1.807, 2.05) is 6.07 Å². The van der Waals surface area contributed by atoms with E-state index in [0.29, 0.717) is 18.6 Å². The summed E-state index contributed by atoms with van der Waals surface area (Å²) in [6, 6.07) is 6.04. The Morgan fingerprint density at radius 3 is 2.52 bits per heavy atom. The minimum atomic E-state index is -4.02. The van der Waals surface area contributed by atoms with Crippen molar-refractivity contribution in [2.45, 2.75) is 69.8 Å². The molecule has 2 aliphatic carbocycles. The van der Waals surface area contributed by atoms with Crippen molar-refractivity contribution in [3.63, 3.8) is 0 Å². The molecule has 0 amide bonds. The van der Waals surface area contributed by atoms with E-state index in [4.69, 9.17) is 9.29 Å². The molecule has 0 bridgehead atoms. The summed E-state index contributed by atoms with van der Waals surface area (Å²) in [5.41, 5.74) is 1.87. The quantitative estimate of drug-likeness (QED) is 0.713. The van der Waals surface area contributed by atoms with Gasteiger partial charge in [-0.25, -0.2) is 0 Å². The number of carboxylic acids is 1. The fourth-order valence-electron chi connectivity index (χ4n) is 4.52. The Balaban J connectivity index is 1.76. The molecule has 27 heavy (non-hydrogen) atoms. The number of hydrogen-bond acceptors (Lipinski definition) is 4. The number of fused-ring (bicyclic) bond motifs is 2. The summed E-state index contributed by atoms with van der Waals surface area (Å²) in [4.78, 5) is 11.3. The van der Waals surface area contributed by atoms with Crippen LogP contribution in [0.25, 0.3) is 0 Å². The van der Waals surface area contributed by atoms with E-state index in [1.54, 1.807) is 13.8 Å². The number of carboxylic acid groups (broad SMARTS) is 1. The lowest BCUT2D eigenvalue weighted by molar-refractivity contribution is -0.143. The van der Waals surface area contributed by atoms with Gasteiger partial charge in [-0.3, -0.25) is 9.35 Å². The third kappa shape index (κ3) is 4.63. The zero-order chi connectivity index (χ0) is 19.9. The second-order valence-electron chi connectivity index (χ2n) is 8.61. The van der Waals surface area contributed by atoms with Crippen LogP contribution >= 0.6 is 0 Å². The molecule has 150 valence electrons. The Morgan fingerprint density at radius 1 is 1.26 bits per heavy atom. The summed E-state index contributed by atoms with van der Waals surface area (Å²) >= 11 is 0. The molecule has 0 radical (unpaired) electrons. The number of benzene rings is 1. The van der Waals surface area contributed by atoms with E-state index < -0.39 is 21.7 Å². The number of ether oxygens (including phenoxy) is 1.